The van der Waals surface area contributed by atoms with E-state index in [0.717, 1.165) is 0 Å². The molecule has 0 N–H and O–H groups in total. The molecular weight excluding hydrogens is 103 g/mol. The SMILES string of the molecule is [CH2]P(C)C(C)(C)C. The lowest BCUT2D eigenvalue weighted by Gasteiger charge is -2.23. The van der Waals surface area contributed by atoms with Gasteiger partial charge in [0.05, 0.1) is 0 Å². The fraction of sp³-hybridized carbons (Fsp3) is 0.833. The summed E-state index contributed by atoms with van der Waals surface area (Å²) in [4.78, 5) is 0. The van der Waals surface area contributed by atoms with Crippen molar-refractivity contribution < 1.29 is 0 Å². The van der Waals surface area contributed by atoms with E-state index in [9.17, 15) is 0 Å². The Balaban J connectivity index is 3.54. The first-order chi connectivity index (χ1) is 2.94. The van der Waals surface area contributed by atoms with Crippen LogP contribution in [-0.4, -0.2) is 11.8 Å². The summed E-state index contributed by atoms with van der Waals surface area (Å²) in [6.07, 6.45) is 0. The van der Waals surface area contributed by atoms with Crippen molar-refractivity contribution in [2.75, 3.05) is 6.66 Å². The van der Waals surface area contributed by atoms with E-state index in [0.29, 0.717) is 5.16 Å². The Morgan fingerprint density at radius 2 is 1.43 bits per heavy atom. The molecule has 0 nitrogen and oxygen atoms in total. The molecule has 0 saturated carbocycles. The summed E-state index contributed by atoms with van der Waals surface area (Å²) in [7, 11) is 0.00849. The van der Waals surface area contributed by atoms with E-state index in [2.05, 4.69) is 34.1 Å². The van der Waals surface area contributed by atoms with E-state index in [4.69, 9.17) is 0 Å². The van der Waals surface area contributed by atoms with Gasteiger partial charge in [0, 0.05) is 0 Å². The van der Waals surface area contributed by atoms with Crippen LogP contribution in [0.5, 0.6) is 0 Å². The second-order valence-corrected chi connectivity index (χ2v) is 5.61. The molecule has 0 amide bonds. The van der Waals surface area contributed by atoms with Gasteiger partial charge in [0.2, 0.25) is 0 Å². The molecule has 0 aromatic heterocycles. The summed E-state index contributed by atoms with van der Waals surface area (Å²) < 4.78 is 0. The van der Waals surface area contributed by atoms with Crippen molar-refractivity contribution in [2.45, 2.75) is 25.9 Å². The molecule has 1 radical (unpaired) electrons. The number of hydrogen-bond acceptors (Lipinski definition) is 0. The van der Waals surface area contributed by atoms with Gasteiger partial charge in [0.15, 0.2) is 0 Å². The maximum atomic E-state index is 3.97. The average molecular weight is 117 g/mol. The smallest absolute Gasteiger partial charge is 0.0182 e. The molecule has 0 aromatic rings. The van der Waals surface area contributed by atoms with Crippen LogP contribution in [0.15, 0.2) is 0 Å². The van der Waals surface area contributed by atoms with E-state index in [1.54, 1.807) is 0 Å². The van der Waals surface area contributed by atoms with E-state index in [-0.39, 0.29) is 7.92 Å². The molecule has 1 unspecified atom stereocenters. The minimum absolute atomic E-state index is 0.00849. The quantitative estimate of drug-likeness (QED) is 0.428. The highest BCUT2D eigenvalue weighted by Crippen LogP contribution is 2.43. The molecule has 0 fully saturated rings. The van der Waals surface area contributed by atoms with E-state index >= 15 is 0 Å². The van der Waals surface area contributed by atoms with Crippen molar-refractivity contribution in [3.05, 3.63) is 6.66 Å². The Morgan fingerprint density at radius 1 is 1.29 bits per heavy atom. The van der Waals surface area contributed by atoms with Crippen LogP contribution in [-0.2, 0) is 0 Å². The third-order valence-corrected chi connectivity index (χ3v) is 3.44. The van der Waals surface area contributed by atoms with Gasteiger partial charge >= 0.3 is 0 Å². The first-order valence-corrected chi connectivity index (χ1v) is 4.46. The number of hydrogen-bond donors (Lipinski definition) is 0. The van der Waals surface area contributed by atoms with Crippen molar-refractivity contribution in [1.29, 1.82) is 0 Å². The first kappa shape index (κ1) is 7.43. The van der Waals surface area contributed by atoms with Gasteiger partial charge in [-0.1, -0.05) is 20.8 Å². The van der Waals surface area contributed by atoms with Crippen LogP contribution < -0.4 is 0 Å². The molecule has 0 aliphatic rings. The fourth-order valence-electron chi connectivity index (χ4n) is 0. The minimum atomic E-state index is 0.00849. The molecule has 0 spiro atoms. The zero-order valence-corrected chi connectivity index (χ0v) is 6.55. The monoisotopic (exact) mass is 117 g/mol. The molecule has 0 aromatic carbocycles. The topological polar surface area (TPSA) is 0 Å². The lowest BCUT2D eigenvalue weighted by molar-refractivity contribution is 0.790. The van der Waals surface area contributed by atoms with Gasteiger partial charge in [-0.05, 0) is 18.5 Å². The molecule has 0 rings (SSSR count). The van der Waals surface area contributed by atoms with E-state index in [1.165, 1.54) is 0 Å². The van der Waals surface area contributed by atoms with Crippen LogP contribution in [0, 0.1) is 6.66 Å². The van der Waals surface area contributed by atoms with E-state index in [1.807, 2.05) is 0 Å². The highest BCUT2D eigenvalue weighted by Gasteiger charge is 2.13. The van der Waals surface area contributed by atoms with Crippen molar-refractivity contribution in [3.63, 3.8) is 0 Å². The highest BCUT2D eigenvalue weighted by atomic mass is 31.1. The summed E-state index contributed by atoms with van der Waals surface area (Å²) in [5, 5.41) is 0.454. The molecule has 7 heavy (non-hydrogen) atoms. The summed E-state index contributed by atoms with van der Waals surface area (Å²) >= 11 is 0. The summed E-state index contributed by atoms with van der Waals surface area (Å²) in [6.45, 7) is 12.9. The minimum Gasteiger partial charge on any atom is -0.104 e. The Morgan fingerprint density at radius 3 is 1.43 bits per heavy atom. The van der Waals surface area contributed by atoms with E-state index < -0.39 is 0 Å². The van der Waals surface area contributed by atoms with Crippen LogP contribution in [0.25, 0.3) is 0 Å². The van der Waals surface area contributed by atoms with Crippen molar-refractivity contribution in [2.24, 2.45) is 0 Å². The number of rotatable bonds is 0. The zero-order chi connectivity index (χ0) is 6.08. The lowest BCUT2D eigenvalue weighted by atomic mass is 10.3. The molecule has 1 atom stereocenters. The summed E-state index contributed by atoms with van der Waals surface area (Å²) in [5.41, 5.74) is 0. The normalized spacial score (nSPS) is 12.9. The Labute approximate surface area is 48.1 Å². The summed E-state index contributed by atoms with van der Waals surface area (Å²) in [5.74, 6) is 0. The Bertz CT molecular complexity index is 49.7. The summed E-state index contributed by atoms with van der Waals surface area (Å²) in [6, 6.07) is 0. The largest absolute Gasteiger partial charge is 0.104 e. The third-order valence-electron chi connectivity index (χ3n) is 1.15. The molecule has 0 bridgehead atoms. The molecular formula is C6H14P. The fourth-order valence-corrected chi connectivity index (χ4v) is 0. The standard InChI is InChI=1S/C6H14P/c1-6(2,3)7(4)5/h4H2,1-3,5H3. The predicted molar refractivity (Wildman–Crippen MR) is 38.0 cm³/mol. The van der Waals surface area contributed by atoms with Crippen LogP contribution in [0.4, 0.5) is 0 Å². The lowest BCUT2D eigenvalue weighted by Crippen LogP contribution is -2.07. The Hall–Kier alpha value is 0.430. The van der Waals surface area contributed by atoms with Gasteiger partial charge in [0.25, 0.3) is 0 Å². The van der Waals surface area contributed by atoms with Gasteiger partial charge in [-0.3, -0.25) is 0 Å². The van der Waals surface area contributed by atoms with Gasteiger partial charge in [-0.25, -0.2) is 0 Å². The van der Waals surface area contributed by atoms with Crippen LogP contribution in [0.1, 0.15) is 20.8 Å². The van der Waals surface area contributed by atoms with Crippen molar-refractivity contribution in [1.82, 2.24) is 0 Å². The van der Waals surface area contributed by atoms with Gasteiger partial charge < -0.3 is 0 Å². The second-order valence-electron chi connectivity index (χ2n) is 2.87. The molecule has 1 heteroatoms. The molecule has 0 heterocycles. The van der Waals surface area contributed by atoms with Crippen LogP contribution in [0.2, 0.25) is 0 Å². The van der Waals surface area contributed by atoms with Gasteiger partial charge in [-0.15, -0.1) is 7.92 Å². The third kappa shape index (κ3) is 3.05. The van der Waals surface area contributed by atoms with Crippen LogP contribution >= 0.6 is 7.92 Å². The average Bonchev–Trinajstić information content (AvgIpc) is 1.31. The molecule has 0 saturated heterocycles. The maximum Gasteiger partial charge on any atom is -0.0182 e. The second kappa shape index (κ2) is 2.13. The molecule has 43 valence electrons. The zero-order valence-electron chi connectivity index (χ0n) is 5.65. The van der Waals surface area contributed by atoms with Gasteiger partial charge in [-0.2, -0.15) is 0 Å². The highest BCUT2D eigenvalue weighted by molar-refractivity contribution is 7.59. The van der Waals surface area contributed by atoms with Crippen LogP contribution in [0.3, 0.4) is 0 Å². The predicted octanol–water partition coefficient (Wildman–Crippen LogP) is 2.69. The van der Waals surface area contributed by atoms with Crippen molar-refractivity contribution in [3.8, 4) is 0 Å². The maximum absolute atomic E-state index is 3.97. The first-order valence-electron chi connectivity index (χ1n) is 2.49. The van der Waals surface area contributed by atoms with Crippen molar-refractivity contribution >= 4 is 7.92 Å². The Kier molecular flexibility index (Phi) is 2.26. The van der Waals surface area contributed by atoms with Gasteiger partial charge in [0.1, 0.15) is 0 Å². The molecule has 0 aliphatic carbocycles. The molecule has 0 aliphatic heterocycles.